The van der Waals surface area contributed by atoms with Crippen LogP contribution >= 0.6 is 15.9 Å². The van der Waals surface area contributed by atoms with E-state index in [0.29, 0.717) is 12.1 Å². The van der Waals surface area contributed by atoms with Crippen molar-refractivity contribution < 1.29 is 19.1 Å². The number of halogens is 1. The van der Waals surface area contributed by atoms with Gasteiger partial charge in [-0.15, -0.1) is 0 Å². The zero-order chi connectivity index (χ0) is 16.7. The molecule has 1 fully saturated rings. The Labute approximate surface area is 144 Å². The minimum Gasteiger partial charge on any atom is -0.449 e. The van der Waals surface area contributed by atoms with Gasteiger partial charge in [-0.3, -0.25) is 9.69 Å². The molecular weight excluding hydrogens is 364 g/mol. The van der Waals surface area contributed by atoms with Crippen LogP contribution in [-0.4, -0.2) is 62.3 Å². The molecular formula is C16H21BrN2O4. The van der Waals surface area contributed by atoms with Crippen LogP contribution in [0.4, 0.5) is 0 Å². The van der Waals surface area contributed by atoms with Gasteiger partial charge in [0.2, 0.25) is 0 Å². The highest BCUT2D eigenvalue weighted by atomic mass is 79.9. The Morgan fingerprint density at radius 3 is 2.83 bits per heavy atom. The van der Waals surface area contributed by atoms with E-state index in [2.05, 4.69) is 26.1 Å². The monoisotopic (exact) mass is 384 g/mol. The molecule has 0 aromatic heterocycles. The summed E-state index contributed by atoms with van der Waals surface area (Å²) in [6, 6.07) is 6.87. The molecule has 1 aromatic rings. The number of hydrogen-bond donors (Lipinski definition) is 1. The highest BCUT2D eigenvalue weighted by Gasteiger charge is 2.19. The van der Waals surface area contributed by atoms with Crippen LogP contribution in [-0.2, 0) is 14.3 Å². The van der Waals surface area contributed by atoms with Crippen LogP contribution in [0.2, 0.25) is 0 Å². The Hall–Kier alpha value is -1.44. The SMILES string of the molecule is CC(OC(=O)c1cccc(Br)c1)C(=O)NCCN1CCOCC1. The van der Waals surface area contributed by atoms with E-state index in [1.807, 2.05) is 6.07 Å². The van der Waals surface area contributed by atoms with Gasteiger partial charge >= 0.3 is 5.97 Å². The first kappa shape index (κ1) is 17.9. The summed E-state index contributed by atoms with van der Waals surface area (Å²) in [7, 11) is 0. The third-order valence-corrected chi connectivity index (χ3v) is 4.04. The Morgan fingerprint density at radius 2 is 2.13 bits per heavy atom. The summed E-state index contributed by atoms with van der Waals surface area (Å²) in [6.07, 6.45) is -0.828. The van der Waals surface area contributed by atoms with Gasteiger partial charge in [-0.05, 0) is 25.1 Å². The maximum atomic E-state index is 12.0. The fourth-order valence-corrected chi connectivity index (χ4v) is 2.60. The second-order valence-electron chi connectivity index (χ2n) is 5.30. The topological polar surface area (TPSA) is 67.9 Å². The van der Waals surface area contributed by atoms with Gasteiger partial charge in [0, 0.05) is 30.7 Å². The predicted molar refractivity (Wildman–Crippen MR) is 89.3 cm³/mol. The number of nitrogens with one attached hydrogen (secondary N) is 1. The van der Waals surface area contributed by atoms with E-state index in [0.717, 1.165) is 37.3 Å². The van der Waals surface area contributed by atoms with E-state index < -0.39 is 12.1 Å². The molecule has 1 heterocycles. The Kier molecular flexibility index (Phi) is 7.01. The van der Waals surface area contributed by atoms with Crippen molar-refractivity contribution in [2.45, 2.75) is 13.0 Å². The van der Waals surface area contributed by atoms with Crippen LogP contribution in [0, 0.1) is 0 Å². The molecule has 1 aromatic carbocycles. The molecule has 1 atom stereocenters. The third kappa shape index (κ3) is 5.93. The molecule has 126 valence electrons. The van der Waals surface area contributed by atoms with E-state index in [4.69, 9.17) is 9.47 Å². The predicted octanol–water partition coefficient (Wildman–Crippen LogP) is 1.44. The number of rotatable bonds is 6. The van der Waals surface area contributed by atoms with Gasteiger partial charge in [-0.1, -0.05) is 22.0 Å². The number of hydrogen-bond acceptors (Lipinski definition) is 5. The quantitative estimate of drug-likeness (QED) is 0.751. The molecule has 1 aliphatic heterocycles. The first-order valence-corrected chi connectivity index (χ1v) is 8.40. The average Bonchev–Trinajstić information content (AvgIpc) is 2.55. The molecule has 2 rings (SSSR count). The summed E-state index contributed by atoms with van der Waals surface area (Å²) in [5.74, 6) is -0.802. The molecule has 1 unspecified atom stereocenters. The Balaban J connectivity index is 1.72. The van der Waals surface area contributed by atoms with Crippen LogP contribution in [0.1, 0.15) is 17.3 Å². The van der Waals surface area contributed by atoms with Gasteiger partial charge in [-0.25, -0.2) is 4.79 Å². The largest absolute Gasteiger partial charge is 0.449 e. The number of nitrogens with zero attached hydrogens (tertiary/aromatic N) is 1. The van der Waals surface area contributed by atoms with Gasteiger partial charge in [-0.2, -0.15) is 0 Å². The van der Waals surface area contributed by atoms with Crippen LogP contribution in [0.25, 0.3) is 0 Å². The van der Waals surface area contributed by atoms with Gasteiger partial charge in [0.15, 0.2) is 6.10 Å². The number of morpholine rings is 1. The lowest BCUT2D eigenvalue weighted by molar-refractivity contribution is -0.129. The molecule has 1 aliphatic rings. The molecule has 23 heavy (non-hydrogen) atoms. The van der Waals surface area contributed by atoms with Crippen molar-refractivity contribution in [1.82, 2.24) is 10.2 Å². The molecule has 0 bridgehead atoms. The van der Waals surface area contributed by atoms with Gasteiger partial charge in [0.1, 0.15) is 0 Å². The summed E-state index contributed by atoms with van der Waals surface area (Å²) >= 11 is 3.30. The standard InChI is InChI=1S/C16H21BrN2O4/c1-12(23-16(21)13-3-2-4-14(17)11-13)15(20)18-5-6-19-7-9-22-10-8-19/h2-4,11-12H,5-10H2,1H3,(H,18,20). The van der Waals surface area contributed by atoms with Gasteiger partial charge in [0.25, 0.3) is 5.91 Å². The van der Waals surface area contributed by atoms with E-state index in [1.54, 1.807) is 25.1 Å². The van der Waals surface area contributed by atoms with Crippen LogP contribution in [0.15, 0.2) is 28.7 Å². The summed E-state index contributed by atoms with van der Waals surface area (Å²) < 4.78 is 11.2. The third-order valence-electron chi connectivity index (χ3n) is 3.54. The summed E-state index contributed by atoms with van der Waals surface area (Å²) in [6.45, 7) is 6.08. The smallest absolute Gasteiger partial charge is 0.338 e. The highest BCUT2D eigenvalue weighted by molar-refractivity contribution is 9.10. The van der Waals surface area contributed by atoms with E-state index in [-0.39, 0.29) is 5.91 Å². The zero-order valence-corrected chi connectivity index (χ0v) is 14.7. The van der Waals surface area contributed by atoms with Gasteiger partial charge < -0.3 is 14.8 Å². The van der Waals surface area contributed by atoms with Crippen molar-refractivity contribution in [3.8, 4) is 0 Å². The minimum absolute atomic E-state index is 0.290. The van der Waals surface area contributed by atoms with Crippen molar-refractivity contribution in [1.29, 1.82) is 0 Å². The molecule has 6 nitrogen and oxygen atoms in total. The first-order valence-electron chi connectivity index (χ1n) is 7.60. The maximum absolute atomic E-state index is 12.0. The number of carbonyl (C=O) groups excluding carboxylic acids is 2. The number of carbonyl (C=O) groups is 2. The first-order chi connectivity index (χ1) is 11.1. The Morgan fingerprint density at radius 1 is 1.39 bits per heavy atom. The molecule has 0 aliphatic carbocycles. The van der Waals surface area contributed by atoms with Crippen molar-refractivity contribution in [3.63, 3.8) is 0 Å². The molecule has 0 spiro atoms. The fourth-order valence-electron chi connectivity index (χ4n) is 2.20. The summed E-state index contributed by atoms with van der Waals surface area (Å²) in [5.41, 5.74) is 0.410. The lowest BCUT2D eigenvalue weighted by Gasteiger charge is -2.26. The second kappa shape index (κ2) is 9.00. The summed E-state index contributed by atoms with van der Waals surface area (Å²) in [5, 5.41) is 2.79. The van der Waals surface area contributed by atoms with Crippen LogP contribution in [0.5, 0.6) is 0 Å². The van der Waals surface area contributed by atoms with Crippen molar-refractivity contribution in [2.24, 2.45) is 0 Å². The molecule has 7 heteroatoms. The van der Waals surface area contributed by atoms with E-state index >= 15 is 0 Å². The van der Waals surface area contributed by atoms with Crippen molar-refractivity contribution in [3.05, 3.63) is 34.3 Å². The van der Waals surface area contributed by atoms with Crippen molar-refractivity contribution >= 4 is 27.8 Å². The minimum atomic E-state index is -0.828. The zero-order valence-electron chi connectivity index (χ0n) is 13.1. The highest BCUT2D eigenvalue weighted by Crippen LogP contribution is 2.13. The number of amides is 1. The normalized spacial score (nSPS) is 16.6. The van der Waals surface area contributed by atoms with E-state index in [9.17, 15) is 9.59 Å². The summed E-state index contributed by atoms with van der Waals surface area (Å²) in [4.78, 5) is 26.2. The van der Waals surface area contributed by atoms with E-state index in [1.165, 1.54) is 0 Å². The maximum Gasteiger partial charge on any atom is 0.338 e. The second-order valence-corrected chi connectivity index (χ2v) is 6.22. The number of ether oxygens (including phenoxy) is 2. The molecule has 0 saturated carbocycles. The lowest BCUT2D eigenvalue weighted by atomic mass is 10.2. The molecule has 0 radical (unpaired) electrons. The fraction of sp³-hybridized carbons (Fsp3) is 0.500. The van der Waals surface area contributed by atoms with Crippen molar-refractivity contribution in [2.75, 3.05) is 39.4 Å². The van der Waals surface area contributed by atoms with Crippen LogP contribution < -0.4 is 5.32 Å². The number of esters is 1. The van der Waals surface area contributed by atoms with Gasteiger partial charge in [0.05, 0.1) is 18.8 Å². The molecule has 1 saturated heterocycles. The average molecular weight is 385 g/mol. The number of benzene rings is 1. The Bertz CT molecular complexity index is 547. The molecule has 1 N–H and O–H groups in total. The molecule has 1 amide bonds. The lowest BCUT2D eigenvalue weighted by Crippen LogP contribution is -2.43. The van der Waals surface area contributed by atoms with Crippen LogP contribution in [0.3, 0.4) is 0 Å².